The molecule has 0 spiro atoms. The molecule has 1 aliphatic carbocycles. The van der Waals surface area contributed by atoms with Gasteiger partial charge in [0.25, 0.3) is 0 Å². The molecule has 1 heterocycles. The van der Waals surface area contributed by atoms with E-state index in [1.807, 2.05) is 7.11 Å². The highest BCUT2D eigenvalue weighted by atomic mass is 16.5. The van der Waals surface area contributed by atoms with E-state index in [0.717, 1.165) is 13.1 Å². The molecule has 0 aromatic carbocycles. The number of ether oxygens (including phenoxy) is 1. The molecular weight excluding hydrogens is 162 g/mol. The lowest BCUT2D eigenvalue weighted by Crippen LogP contribution is -2.63. The van der Waals surface area contributed by atoms with Gasteiger partial charge in [-0.25, -0.2) is 0 Å². The minimum Gasteiger partial charge on any atom is -0.376 e. The van der Waals surface area contributed by atoms with Crippen LogP contribution in [0.1, 0.15) is 39.0 Å². The molecule has 2 fully saturated rings. The van der Waals surface area contributed by atoms with Crippen molar-refractivity contribution < 1.29 is 4.74 Å². The highest BCUT2D eigenvalue weighted by molar-refractivity contribution is 5.02. The van der Waals surface area contributed by atoms with Gasteiger partial charge in [0, 0.05) is 20.2 Å². The van der Waals surface area contributed by atoms with Crippen LogP contribution in [0.25, 0.3) is 0 Å². The molecule has 0 bridgehead atoms. The normalized spacial score (nSPS) is 29.1. The van der Waals surface area contributed by atoms with E-state index in [1.54, 1.807) is 0 Å². The van der Waals surface area contributed by atoms with E-state index in [0.29, 0.717) is 5.41 Å². The molecule has 2 rings (SSSR count). The molecule has 2 nitrogen and oxygen atoms in total. The molecule has 1 N–H and O–H groups in total. The van der Waals surface area contributed by atoms with E-state index in [2.05, 4.69) is 12.2 Å². The first-order valence-electron chi connectivity index (χ1n) is 5.50. The first-order valence-corrected chi connectivity index (χ1v) is 5.50. The van der Waals surface area contributed by atoms with Crippen LogP contribution in [0.15, 0.2) is 0 Å². The third-order valence-electron chi connectivity index (χ3n) is 4.19. The summed E-state index contributed by atoms with van der Waals surface area (Å²) < 4.78 is 5.64. The van der Waals surface area contributed by atoms with Gasteiger partial charge >= 0.3 is 0 Å². The highest BCUT2D eigenvalue weighted by Crippen LogP contribution is 2.50. The van der Waals surface area contributed by atoms with Crippen LogP contribution in [0.5, 0.6) is 0 Å². The SMILES string of the molecule is CCC1(CC2(OC)CNC2)CCC1. The Kier molecular flexibility index (Phi) is 2.37. The van der Waals surface area contributed by atoms with Crippen molar-refractivity contribution >= 4 is 0 Å². The van der Waals surface area contributed by atoms with Crippen LogP contribution in [0.3, 0.4) is 0 Å². The van der Waals surface area contributed by atoms with E-state index < -0.39 is 0 Å². The van der Waals surface area contributed by atoms with Crippen LogP contribution in [-0.2, 0) is 4.74 Å². The van der Waals surface area contributed by atoms with Crippen molar-refractivity contribution in [3.63, 3.8) is 0 Å². The standard InChI is InChI=1S/C11H21NO/c1-3-10(5-4-6-10)7-11(13-2)8-12-9-11/h12H,3-9H2,1-2H3. The van der Waals surface area contributed by atoms with Gasteiger partial charge in [0.1, 0.15) is 0 Å². The molecule has 0 radical (unpaired) electrons. The van der Waals surface area contributed by atoms with Crippen molar-refractivity contribution in [1.29, 1.82) is 0 Å². The summed E-state index contributed by atoms with van der Waals surface area (Å²) in [7, 11) is 1.86. The summed E-state index contributed by atoms with van der Waals surface area (Å²) in [5.41, 5.74) is 0.828. The fourth-order valence-electron chi connectivity index (χ4n) is 2.76. The van der Waals surface area contributed by atoms with E-state index in [9.17, 15) is 0 Å². The molecular formula is C11H21NO. The quantitative estimate of drug-likeness (QED) is 0.719. The maximum Gasteiger partial charge on any atom is 0.0931 e. The van der Waals surface area contributed by atoms with Gasteiger partial charge in [-0.1, -0.05) is 19.8 Å². The molecule has 76 valence electrons. The van der Waals surface area contributed by atoms with Gasteiger partial charge < -0.3 is 10.1 Å². The van der Waals surface area contributed by atoms with Crippen molar-refractivity contribution in [3.05, 3.63) is 0 Å². The largest absolute Gasteiger partial charge is 0.376 e. The van der Waals surface area contributed by atoms with Crippen LogP contribution in [0.4, 0.5) is 0 Å². The molecule has 2 aliphatic rings. The molecule has 1 saturated carbocycles. The summed E-state index contributed by atoms with van der Waals surface area (Å²) >= 11 is 0. The zero-order valence-electron chi connectivity index (χ0n) is 8.86. The number of nitrogens with one attached hydrogen (secondary N) is 1. The van der Waals surface area contributed by atoms with Crippen LogP contribution in [-0.4, -0.2) is 25.8 Å². The van der Waals surface area contributed by atoms with Crippen LogP contribution < -0.4 is 5.32 Å². The fourth-order valence-corrected chi connectivity index (χ4v) is 2.76. The Balaban J connectivity index is 1.94. The van der Waals surface area contributed by atoms with E-state index in [4.69, 9.17) is 4.74 Å². The van der Waals surface area contributed by atoms with E-state index in [-0.39, 0.29) is 5.60 Å². The Morgan fingerprint density at radius 1 is 1.31 bits per heavy atom. The van der Waals surface area contributed by atoms with Gasteiger partial charge in [-0.15, -0.1) is 0 Å². The second kappa shape index (κ2) is 3.25. The predicted molar refractivity (Wildman–Crippen MR) is 53.8 cm³/mol. The summed E-state index contributed by atoms with van der Waals surface area (Å²) in [5.74, 6) is 0. The Morgan fingerprint density at radius 2 is 2.00 bits per heavy atom. The van der Waals surface area contributed by atoms with Crippen molar-refractivity contribution in [2.75, 3.05) is 20.2 Å². The molecule has 0 unspecified atom stereocenters. The van der Waals surface area contributed by atoms with Gasteiger partial charge in [-0.05, 0) is 24.7 Å². The predicted octanol–water partition coefficient (Wildman–Crippen LogP) is 1.95. The second-order valence-corrected chi connectivity index (χ2v) is 4.87. The lowest BCUT2D eigenvalue weighted by atomic mass is 9.61. The van der Waals surface area contributed by atoms with Gasteiger partial charge in [-0.3, -0.25) is 0 Å². The zero-order valence-corrected chi connectivity index (χ0v) is 8.86. The van der Waals surface area contributed by atoms with Crippen molar-refractivity contribution in [3.8, 4) is 0 Å². The van der Waals surface area contributed by atoms with Gasteiger partial charge in [0.2, 0.25) is 0 Å². The minimum atomic E-state index is 0.191. The van der Waals surface area contributed by atoms with Crippen LogP contribution in [0.2, 0.25) is 0 Å². The summed E-state index contributed by atoms with van der Waals surface area (Å²) in [6, 6.07) is 0. The van der Waals surface area contributed by atoms with Crippen molar-refractivity contribution in [2.45, 2.75) is 44.6 Å². The summed E-state index contributed by atoms with van der Waals surface area (Å²) in [4.78, 5) is 0. The van der Waals surface area contributed by atoms with E-state index >= 15 is 0 Å². The van der Waals surface area contributed by atoms with Crippen molar-refractivity contribution in [1.82, 2.24) is 5.32 Å². The third kappa shape index (κ3) is 1.50. The third-order valence-corrected chi connectivity index (χ3v) is 4.19. The Labute approximate surface area is 81.0 Å². The van der Waals surface area contributed by atoms with Crippen LogP contribution in [0, 0.1) is 5.41 Å². The maximum absolute atomic E-state index is 5.64. The Morgan fingerprint density at radius 3 is 2.23 bits per heavy atom. The number of hydrogen-bond acceptors (Lipinski definition) is 2. The molecule has 1 saturated heterocycles. The molecule has 2 heteroatoms. The highest BCUT2D eigenvalue weighted by Gasteiger charge is 2.46. The molecule has 0 atom stereocenters. The maximum atomic E-state index is 5.64. The Bertz CT molecular complexity index is 152. The molecule has 0 amide bonds. The van der Waals surface area contributed by atoms with E-state index in [1.165, 1.54) is 32.1 Å². The fraction of sp³-hybridized carbons (Fsp3) is 1.00. The summed E-state index contributed by atoms with van der Waals surface area (Å²) in [6.45, 7) is 4.45. The monoisotopic (exact) mass is 183 g/mol. The second-order valence-electron chi connectivity index (χ2n) is 4.87. The number of hydrogen-bond donors (Lipinski definition) is 1. The molecule has 13 heavy (non-hydrogen) atoms. The average Bonchev–Trinajstić information content (AvgIpc) is 2.02. The Hall–Kier alpha value is -0.0800. The van der Waals surface area contributed by atoms with Gasteiger partial charge in [0.15, 0.2) is 0 Å². The smallest absolute Gasteiger partial charge is 0.0931 e. The molecule has 0 aromatic heterocycles. The minimum absolute atomic E-state index is 0.191. The summed E-state index contributed by atoms with van der Waals surface area (Å²) in [5, 5.41) is 3.32. The van der Waals surface area contributed by atoms with Gasteiger partial charge in [-0.2, -0.15) is 0 Å². The van der Waals surface area contributed by atoms with Crippen LogP contribution >= 0.6 is 0 Å². The van der Waals surface area contributed by atoms with Crippen molar-refractivity contribution in [2.24, 2.45) is 5.41 Å². The van der Waals surface area contributed by atoms with Gasteiger partial charge in [0.05, 0.1) is 5.60 Å². The topological polar surface area (TPSA) is 21.3 Å². The lowest BCUT2D eigenvalue weighted by Gasteiger charge is -2.51. The number of rotatable bonds is 4. The summed E-state index contributed by atoms with van der Waals surface area (Å²) in [6.07, 6.45) is 6.89. The number of methoxy groups -OCH3 is 1. The first kappa shape index (κ1) is 9.47. The molecule has 0 aromatic rings. The zero-order chi connectivity index (χ0) is 9.36. The lowest BCUT2D eigenvalue weighted by molar-refractivity contribution is -0.100. The first-order chi connectivity index (χ1) is 6.24. The molecule has 1 aliphatic heterocycles. The average molecular weight is 183 g/mol.